The number of nitrogens with one attached hydrogen (secondary N) is 1. The molecule has 1 aromatic carbocycles. The third-order valence-corrected chi connectivity index (χ3v) is 6.65. The van der Waals surface area contributed by atoms with Gasteiger partial charge in [0.1, 0.15) is 12.4 Å². The number of hydrazine groups is 1. The van der Waals surface area contributed by atoms with E-state index in [4.69, 9.17) is 0 Å². The number of rotatable bonds is 6. The largest absolute Gasteiger partial charge is 0.493 e. The second-order valence-electron chi connectivity index (χ2n) is 9.50. The lowest BCUT2D eigenvalue weighted by molar-refractivity contribution is -0.242. The maximum absolute atomic E-state index is 14.7. The van der Waals surface area contributed by atoms with Gasteiger partial charge in [0.15, 0.2) is 0 Å². The van der Waals surface area contributed by atoms with Crippen LogP contribution in [0.4, 0.5) is 30.7 Å². The number of nitrogens with zero attached hydrogens (tertiary/aromatic N) is 3. The lowest BCUT2D eigenvalue weighted by Crippen LogP contribution is -2.54. The Hall–Kier alpha value is -3.85. The first-order chi connectivity index (χ1) is 18.4. The van der Waals surface area contributed by atoms with Gasteiger partial charge in [0, 0.05) is 26.1 Å². The molecule has 0 aromatic heterocycles. The number of benzene rings is 1. The van der Waals surface area contributed by atoms with E-state index in [9.17, 15) is 49.9 Å². The molecular weight excluding hydrogens is 557 g/mol. The van der Waals surface area contributed by atoms with Crippen molar-refractivity contribution in [3.8, 4) is 0 Å². The molecule has 3 amide bonds. The van der Waals surface area contributed by atoms with E-state index < -0.39 is 72.3 Å². The molecule has 2 aliphatic rings. The van der Waals surface area contributed by atoms with E-state index in [2.05, 4.69) is 4.84 Å². The Morgan fingerprint density at radius 3 is 2.35 bits per heavy atom. The van der Waals surface area contributed by atoms with Crippen LogP contribution in [0.15, 0.2) is 29.5 Å². The Bertz CT molecular complexity index is 1230. The first kappa shape index (κ1) is 30.7. The van der Waals surface area contributed by atoms with Crippen molar-refractivity contribution in [2.75, 3.05) is 26.2 Å². The van der Waals surface area contributed by atoms with E-state index in [1.165, 1.54) is 19.9 Å². The van der Waals surface area contributed by atoms with Crippen molar-refractivity contribution in [1.82, 2.24) is 20.4 Å². The topological polar surface area (TPSA) is 99.3 Å². The van der Waals surface area contributed by atoms with Gasteiger partial charge >= 0.3 is 18.3 Å². The zero-order valence-electron chi connectivity index (χ0n) is 21.5. The van der Waals surface area contributed by atoms with E-state index in [0.29, 0.717) is 0 Å². The number of alkyl halides is 6. The fraction of sp³-hybridized carbons (Fsp3) is 0.500. The normalized spacial score (nSPS) is 19.6. The Morgan fingerprint density at radius 1 is 1.12 bits per heavy atom. The maximum Gasteiger partial charge on any atom is 0.493 e. The molecule has 2 aliphatic heterocycles. The van der Waals surface area contributed by atoms with Crippen LogP contribution in [0.2, 0.25) is 0 Å². The molecule has 2 atom stereocenters. The molecule has 9 nitrogen and oxygen atoms in total. The number of halogens is 7. The van der Waals surface area contributed by atoms with Crippen LogP contribution in [0.1, 0.15) is 36.7 Å². The van der Waals surface area contributed by atoms with Crippen molar-refractivity contribution in [2.24, 2.45) is 11.8 Å². The van der Waals surface area contributed by atoms with Gasteiger partial charge in [0.05, 0.1) is 23.1 Å². The fourth-order valence-electron chi connectivity index (χ4n) is 4.01. The summed E-state index contributed by atoms with van der Waals surface area (Å²) in [5, 5.41) is 0.276. The van der Waals surface area contributed by atoms with Gasteiger partial charge in [-0.3, -0.25) is 14.4 Å². The molecule has 2 unspecified atom stereocenters. The van der Waals surface area contributed by atoms with Crippen LogP contribution in [0, 0.1) is 17.7 Å². The number of hydroxylamine groups is 1. The molecular formula is C24H25F7N4O5. The molecule has 1 fully saturated rings. The van der Waals surface area contributed by atoms with Crippen molar-refractivity contribution in [3.05, 3.63) is 46.4 Å². The van der Waals surface area contributed by atoms with Gasteiger partial charge in [0.2, 0.25) is 11.8 Å². The van der Waals surface area contributed by atoms with E-state index in [0.717, 1.165) is 28.9 Å². The molecule has 220 valence electrons. The maximum atomic E-state index is 14.7. The number of amides is 3. The second-order valence-corrected chi connectivity index (χ2v) is 9.50. The lowest BCUT2D eigenvalue weighted by Gasteiger charge is -2.36. The van der Waals surface area contributed by atoms with Gasteiger partial charge in [-0.15, -0.1) is 5.17 Å². The smallest absolute Gasteiger partial charge is 0.339 e. The summed E-state index contributed by atoms with van der Waals surface area (Å²) in [4.78, 5) is 55.2. The summed E-state index contributed by atoms with van der Waals surface area (Å²) in [7, 11) is 0. The van der Waals surface area contributed by atoms with Crippen molar-refractivity contribution in [2.45, 2.75) is 39.5 Å². The quantitative estimate of drug-likeness (QED) is 0.518. The lowest BCUT2D eigenvalue weighted by atomic mass is 9.94. The van der Waals surface area contributed by atoms with E-state index in [-0.39, 0.29) is 41.5 Å². The highest BCUT2D eigenvalue weighted by Gasteiger charge is 2.44. The van der Waals surface area contributed by atoms with Crippen LogP contribution < -0.4 is 5.43 Å². The summed E-state index contributed by atoms with van der Waals surface area (Å²) < 4.78 is 91.6. The second kappa shape index (κ2) is 11.3. The van der Waals surface area contributed by atoms with Crippen molar-refractivity contribution in [3.63, 3.8) is 0 Å². The molecule has 0 bridgehead atoms. The number of carbonyl (C=O) groups is 4. The Balaban J connectivity index is 1.80. The van der Waals surface area contributed by atoms with Crippen LogP contribution >= 0.6 is 0 Å². The Labute approximate surface area is 223 Å². The zero-order valence-corrected chi connectivity index (χ0v) is 21.5. The summed E-state index contributed by atoms with van der Waals surface area (Å²) in [5.74, 6) is -8.61. The third kappa shape index (κ3) is 6.83. The number of hydrogen-bond acceptors (Lipinski definition) is 6. The molecule has 16 heteroatoms. The Kier molecular flexibility index (Phi) is 8.69. The monoisotopic (exact) mass is 582 g/mol. The van der Waals surface area contributed by atoms with Gasteiger partial charge in [-0.2, -0.15) is 26.3 Å². The first-order valence-electron chi connectivity index (χ1n) is 11.9. The van der Waals surface area contributed by atoms with Gasteiger partial charge in [0.25, 0.3) is 5.91 Å². The van der Waals surface area contributed by atoms with Crippen molar-refractivity contribution < 1.29 is 54.7 Å². The number of piperazine rings is 1. The Morgan fingerprint density at radius 2 is 1.77 bits per heavy atom. The number of carbonyl (C=O) groups excluding carboxylic acids is 4. The van der Waals surface area contributed by atoms with Crippen molar-refractivity contribution in [1.29, 1.82) is 0 Å². The van der Waals surface area contributed by atoms with Crippen LogP contribution in [0.5, 0.6) is 0 Å². The van der Waals surface area contributed by atoms with Crippen LogP contribution in [0.25, 0.3) is 0 Å². The molecule has 3 rings (SSSR count). The molecule has 0 aliphatic carbocycles. The molecule has 1 aromatic rings. The molecule has 0 spiro atoms. The third-order valence-electron chi connectivity index (χ3n) is 6.65. The standard InChI is InChI=1S/C24H25F7N4O5/c1-12(23(26,27)28)10-33-6-7-34(11-19(33)36)21(38)16-8-15(4-5-17(16)25)9-18-13(2)14(3)20(37)32-35(18)40-22(39)24(29,30)31/h4-5,8,12,14H,6-7,9-11H2,1-3H3,(H,32,37). The van der Waals surface area contributed by atoms with Crippen LogP contribution in [-0.4, -0.2) is 77.2 Å². The molecule has 0 saturated carbocycles. The molecule has 1 saturated heterocycles. The predicted octanol–water partition coefficient (Wildman–Crippen LogP) is 3.13. The predicted molar refractivity (Wildman–Crippen MR) is 122 cm³/mol. The highest BCUT2D eigenvalue weighted by atomic mass is 19.4. The molecule has 1 N–H and O–H groups in total. The number of hydrogen-bond donors (Lipinski definition) is 1. The van der Waals surface area contributed by atoms with Gasteiger partial charge < -0.3 is 14.6 Å². The summed E-state index contributed by atoms with van der Waals surface area (Å²) in [5.41, 5.74) is 1.89. The SMILES string of the molecule is CC1=C(Cc2ccc(F)c(C(=O)N3CCN(CC(C)C(F)(F)F)C(=O)C3)c2)N(OC(=O)C(F)(F)F)NC(=O)C1C. The van der Waals surface area contributed by atoms with Crippen molar-refractivity contribution >= 4 is 23.7 Å². The van der Waals surface area contributed by atoms with Gasteiger partial charge in [-0.1, -0.05) is 13.0 Å². The van der Waals surface area contributed by atoms with Gasteiger partial charge in [-0.05, 0) is 37.1 Å². The highest BCUT2D eigenvalue weighted by molar-refractivity contribution is 5.97. The van der Waals surface area contributed by atoms with E-state index in [1.54, 1.807) is 0 Å². The average Bonchev–Trinajstić information content (AvgIpc) is 2.85. The fourth-order valence-corrected chi connectivity index (χ4v) is 4.01. The first-order valence-corrected chi connectivity index (χ1v) is 11.9. The summed E-state index contributed by atoms with van der Waals surface area (Å²) in [6.45, 7) is 2.28. The van der Waals surface area contributed by atoms with Crippen LogP contribution in [0.3, 0.4) is 0 Å². The van der Waals surface area contributed by atoms with E-state index in [1.807, 2.05) is 5.43 Å². The molecule has 40 heavy (non-hydrogen) atoms. The summed E-state index contributed by atoms with van der Waals surface area (Å²) in [6.07, 6.45) is -10.2. The zero-order chi connectivity index (χ0) is 30.2. The minimum Gasteiger partial charge on any atom is -0.339 e. The van der Waals surface area contributed by atoms with E-state index >= 15 is 0 Å². The number of allylic oxidation sites excluding steroid dienone is 1. The minimum atomic E-state index is -5.37. The van der Waals surface area contributed by atoms with Crippen LogP contribution in [-0.2, 0) is 25.6 Å². The molecule has 0 radical (unpaired) electrons. The van der Waals surface area contributed by atoms with Gasteiger partial charge in [-0.25, -0.2) is 14.6 Å². The minimum absolute atomic E-state index is 0.0720. The summed E-state index contributed by atoms with van der Waals surface area (Å²) in [6, 6.07) is 3.22. The highest BCUT2D eigenvalue weighted by Crippen LogP contribution is 2.29. The average molecular weight is 582 g/mol. The summed E-state index contributed by atoms with van der Waals surface area (Å²) >= 11 is 0. The molecule has 2 heterocycles.